The summed E-state index contributed by atoms with van der Waals surface area (Å²) in [4.78, 5) is 23.7. The van der Waals surface area contributed by atoms with Gasteiger partial charge in [-0.2, -0.15) is 0 Å². The predicted octanol–water partition coefficient (Wildman–Crippen LogP) is 4.16. The van der Waals surface area contributed by atoms with Gasteiger partial charge in [0.25, 0.3) is 5.91 Å². The zero-order valence-electron chi connectivity index (χ0n) is 12.0. The Labute approximate surface area is 161 Å². The molecular formula is C16H11Cl2FINO3. The second-order valence-corrected chi connectivity index (χ2v) is 6.89. The van der Waals surface area contributed by atoms with Crippen LogP contribution in [0, 0.1) is 9.39 Å². The van der Waals surface area contributed by atoms with E-state index in [1.54, 1.807) is 18.2 Å². The standard InChI is InChI=1S/C16H11Cl2FINO3/c17-9-5-4-8(6-10(9)18)7-13(16(23)24)21-15(22)14-11(19)2-1-3-12(14)20/h1-6,13H,7H2,(H,21,22)(H,23,24). The number of halogens is 4. The Morgan fingerprint density at radius 2 is 1.92 bits per heavy atom. The van der Waals surface area contributed by atoms with Gasteiger partial charge < -0.3 is 10.4 Å². The summed E-state index contributed by atoms with van der Waals surface area (Å²) in [5.74, 6) is -2.73. The molecule has 2 N–H and O–H groups in total. The van der Waals surface area contributed by atoms with Gasteiger partial charge in [-0.15, -0.1) is 0 Å². The molecule has 0 bridgehead atoms. The van der Waals surface area contributed by atoms with Gasteiger partial charge in [-0.25, -0.2) is 9.18 Å². The van der Waals surface area contributed by atoms with E-state index in [0.717, 1.165) is 6.07 Å². The first-order valence-electron chi connectivity index (χ1n) is 6.71. The van der Waals surface area contributed by atoms with Crippen molar-refractivity contribution in [3.05, 3.63) is 67.0 Å². The molecule has 0 aromatic heterocycles. The lowest BCUT2D eigenvalue weighted by atomic mass is 10.1. The second kappa shape index (κ2) is 8.13. The van der Waals surface area contributed by atoms with Crippen molar-refractivity contribution >= 4 is 57.7 Å². The Morgan fingerprint density at radius 1 is 1.21 bits per heavy atom. The van der Waals surface area contributed by atoms with Gasteiger partial charge in [0.2, 0.25) is 0 Å². The third-order valence-electron chi connectivity index (χ3n) is 3.22. The first-order chi connectivity index (χ1) is 11.3. The molecular weight excluding hydrogens is 471 g/mol. The van der Waals surface area contributed by atoms with Gasteiger partial charge in [0.05, 0.1) is 15.6 Å². The highest BCUT2D eigenvalue weighted by Gasteiger charge is 2.24. The number of carbonyl (C=O) groups is 2. The number of carboxylic acids is 1. The molecule has 0 saturated carbocycles. The van der Waals surface area contributed by atoms with Crippen molar-refractivity contribution in [2.75, 3.05) is 0 Å². The molecule has 0 spiro atoms. The van der Waals surface area contributed by atoms with Crippen LogP contribution in [0.2, 0.25) is 10.0 Å². The molecule has 2 rings (SSSR count). The lowest BCUT2D eigenvalue weighted by Gasteiger charge is -2.16. The summed E-state index contributed by atoms with van der Waals surface area (Å²) in [6, 6.07) is 7.63. The zero-order valence-corrected chi connectivity index (χ0v) is 15.7. The maximum absolute atomic E-state index is 13.8. The number of nitrogens with one attached hydrogen (secondary N) is 1. The number of carboxylic acid groups (broad SMARTS) is 1. The molecule has 1 unspecified atom stereocenters. The van der Waals surface area contributed by atoms with Crippen molar-refractivity contribution in [3.63, 3.8) is 0 Å². The van der Waals surface area contributed by atoms with Gasteiger partial charge in [0.1, 0.15) is 11.9 Å². The van der Waals surface area contributed by atoms with E-state index in [-0.39, 0.29) is 17.0 Å². The van der Waals surface area contributed by atoms with E-state index >= 15 is 0 Å². The lowest BCUT2D eigenvalue weighted by molar-refractivity contribution is -0.139. The summed E-state index contributed by atoms with van der Waals surface area (Å²) in [5, 5.41) is 12.3. The zero-order chi connectivity index (χ0) is 17.9. The van der Waals surface area contributed by atoms with E-state index in [1.165, 1.54) is 12.1 Å². The van der Waals surface area contributed by atoms with Crippen LogP contribution in [0.4, 0.5) is 4.39 Å². The Hall–Kier alpha value is -1.38. The lowest BCUT2D eigenvalue weighted by Crippen LogP contribution is -2.42. The van der Waals surface area contributed by atoms with Crippen LogP contribution < -0.4 is 5.32 Å². The van der Waals surface area contributed by atoms with Gasteiger partial charge in [-0.1, -0.05) is 35.3 Å². The molecule has 0 fully saturated rings. The summed E-state index contributed by atoms with van der Waals surface area (Å²) in [6.07, 6.45) is -0.0109. The summed E-state index contributed by atoms with van der Waals surface area (Å²) < 4.78 is 14.2. The number of rotatable bonds is 5. The minimum Gasteiger partial charge on any atom is -0.480 e. The van der Waals surface area contributed by atoms with Crippen molar-refractivity contribution in [2.24, 2.45) is 0 Å². The minimum absolute atomic E-state index is 0.0109. The van der Waals surface area contributed by atoms with Crippen LogP contribution in [0.1, 0.15) is 15.9 Å². The van der Waals surface area contributed by atoms with E-state index < -0.39 is 23.7 Å². The van der Waals surface area contributed by atoms with Crippen LogP contribution >= 0.6 is 45.8 Å². The number of aliphatic carboxylic acids is 1. The van der Waals surface area contributed by atoms with Crippen molar-refractivity contribution in [1.82, 2.24) is 5.32 Å². The first kappa shape index (κ1) is 19.0. The van der Waals surface area contributed by atoms with Crippen LogP contribution in [0.3, 0.4) is 0 Å². The topological polar surface area (TPSA) is 66.4 Å². The average molecular weight is 482 g/mol. The highest BCUT2D eigenvalue weighted by Crippen LogP contribution is 2.23. The first-order valence-corrected chi connectivity index (χ1v) is 8.54. The van der Waals surface area contributed by atoms with Crippen LogP contribution in [0.5, 0.6) is 0 Å². The van der Waals surface area contributed by atoms with Crippen LogP contribution in [0.25, 0.3) is 0 Å². The fourth-order valence-electron chi connectivity index (χ4n) is 2.05. The smallest absolute Gasteiger partial charge is 0.326 e. The van der Waals surface area contributed by atoms with Crippen molar-refractivity contribution in [3.8, 4) is 0 Å². The molecule has 1 atom stereocenters. The molecule has 0 aliphatic heterocycles. The SMILES string of the molecule is O=C(NC(Cc1ccc(Cl)c(Cl)c1)C(=O)O)c1c(F)cccc1I. The molecule has 24 heavy (non-hydrogen) atoms. The van der Waals surface area contributed by atoms with E-state index in [1.807, 2.05) is 22.6 Å². The maximum Gasteiger partial charge on any atom is 0.326 e. The van der Waals surface area contributed by atoms with Gasteiger partial charge >= 0.3 is 5.97 Å². The Bertz CT molecular complexity index is 781. The molecule has 126 valence electrons. The fraction of sp³-hybridized carbons (Fsp3) is 0.125. The summed E-state index contributed by atoms with van der Waals surface area (Å²) in [5.41, 5.74) is 0.402. The summed E-state index contributed by atoms with van der Waals surface area (Å²) in [7, 11) is 0. The molecule has 0 aliphatic carbocycles. The minimum atomic E-state index is -1.24. The number of hydrogen-bond acceptors (Lipinski definition) is 2. The molecule has 0 saturated heterocycles. The summed E-state index contributed by atoms with van der Waals surface area (Å²) in [6.45, 7) is 0. The van der Waals surface area contributed by atoms with Gasteiger partial charge in [-0.05, 0) is 52.4 Å². The molecule has 4 nitrogen and oxygen atoms in total. The maximum atomic E-state index is 13.8. The van der Waals surface area contributed by atoms with Crippen LogP contribution in [0.15, 0.2) is 36.4 Å². The number of amides is 1. The van der Waals surface area contributed by atoms with Crippen molar-refractivity contribution in [2.45, 2.75) is 12.5 Å². The monoisotopic (exact) mass is 481 g/mol. The Morgan fingerprint density at radius 3 is 2.50 bits per heavy atom. The third-order valence-corrected chi connectivity index (χ3v) is 4.86. The van der Waals surface area contributed by atoms with Gasteiger partial charge in [-0.3, -0.25) is 4.79 Å². The quantitative estimate of drug-likeness (QED) is 0.630. The molecule has 0 radical (unpaired) electrons. The normalized spacial score (nSPS) is 11.8. The van der Waals surface area contributed by atoms with Gasteiger partial charge in [0, 0.05) is 9.99 Å². The number of benzene rings is 2. The second-order valence-electron chi connectivity index (χ2n) is 4.91. The summed E-state index contributed by atoms with van der Waals surface area (Å²) >= 11 is 13.5. The molecule has 2 aromatic rings. The Balaban J connectivity index is 2.21. The fourth-order valence-corrected chi connectivity index (χ4v) is 3.08. The molecule has 0 aliphatic rings. The molecule has 8 heteroatoms. The largest absolute Gasteiger partial charge is 0.480 e. The van der Waals surface area contributed by atoms with E-state index in [2.05, 4.69) is 5.32 Å². The van der Waals surface area contributed by atoms with E-state index in [0.29, 0.717) is 14.2 Å². The molecule has 1 amide bonds. The van der Waals surface area contributed by atoms with Crippen molar-refractivity contribution in [1.29, 1.82) is 0 Å². The number of hydrogen-bond donors (Lipinski definition) is 2. The Kier molecular flexibility index (Phi) is 6.42. The van der Waals surface area contributed by atoms with Crippen molar-refractivity contribution < 1.29 is 19.1 Å². The third kappa shape index (κ3) is 4.58. The highest BCUT2D eigenvalue weighted by molar-refractivity contribution is 14.1. The van der Waals surface area contributed by atoms with E-state index in [4.69, 9.17) is 23.2 Å². The predicted molar refractivity (Wildman–Crippen MR) is 98.2 cm³/mol. The molecule has 0 heterocycles. The van der Waals surface area contributed by atoms with Crippen LogP contribution in [-0.4, -0.2) is 23.0 Å². The van der Waals surface area contributed by atoms with Crippen LogP contribution in [-0.2, 0) is 11.2 Å². The number of carbonyl (C=O) groups excluding carboxylic acids is 1. The van der Waals surface area contributed by atoms with E-state index in [9.17, 15) is 19.1 Å². The van der Waals surface area contributed by atoms with Gasteiger partial charge in [0.15, 0.2) is 0 Å². The average Bonchev–Trinajstić information content (AvgIpc) is 2.50. The highest BCUT2D eigenvalue weighted by atomic mass is 127. The molecule has 2 aromatic carbocycles.